The van der Waals surface area contributed by atoms with Gasteiger partial charge < -0.3 is 10.2 Å². The number of likely N-dealkylation sites (N-methyl/N-ethyl adjacent to an activating group) is 1. The lowest BCUT2D eigenvalue weighted by molar-refractivity contribution is -0.133. The minimum Gasteiger partial charge on any atom is -0.340 e. The first-order valence-corrected chi connectivity index (χ1v) is 7.44. The molecule has 0 spiro atoms. The number of carbonyl (C=O) groups is 2. The van der Waals surface area contributed by atoms with Gasteiger partial charge in [-0.25, -0.2) is 0 Å². The van der Waals surface area contributed by atoms with E-state index in [4.69, 9.17) is 5.26 Å². The fraction of sp³-hybridized carbons (Fsp3) is 0.471. The van der Waals surface area contributed by atoms with Crippen LogP contribution in [0.2, 0.25) is 0 Å². The highest BCUT2D eigenvalue weighted by atomic mass is 16.2. The van der Waals surface area contributed by atoms with Gasteiger partial charge in [-0.05, 0) is 31.9 Å². The smallest absolute Gasteiger partial charge is 0.251 e. The normalized spacial score (nSPS) is 11.6. The zero-order valence-electron chi connectivity index (χ0n) is 13.6. The fourth-order valence-electron chi connectivity index (χ4n) is 2.07. The highest BCUT2D eigenvalue weighted by Gasteiger charge is 2.28. The number of rotatable bonds is 6. The summed E-state index contributed by atoms with van der Waals surface area (Å²) in [5, 5.41) is 11.6. The van der Waals surface area contributed by atoms with Gasteiger partial charge >= 0.3 is 0 Å². The van der Waals surface area contributed by atoms with Crippen LogP contribution in [0.5, 0.6) is 0 Å². The standard InChI is InChI=1S/C17H23N3O2/c1-5-20(11-10-18)17(22)15(12(2)3)19-16(21)14-8-6-13(4)7-9-14/h6-9,12,15H,5,11H2,1-4H3,(H,19,21)/t15-/m1/s1. The molecule has 0 bridgehead atoms. The predicted molar refractivity (Wildman–Crippen MR) is 85.1 cm³/mol. The number of nitriles is 1. The summed E-state index contributed by atoms with van der Waals surface area (Å²) < 4.78 is 0. The van der Waals surface area contributed by atoms with Gasteiger partial charge in [0.1, 0.15) is 12.6 Å². The summed E-state index contributed by atoms with van der Waals surface area (Å²) in [6.07, 6.45) is 0. The van der Waals surface area contributed by atoms with Crippen molar-refractivity contribution in [1.29, 1.82) is 5.26 Å². The zero-order chi connectivity index (χ0) is 16.7. The maximum absolute atomic E-state index is 12.5. The van der Waals surface area contributed by atoms with Gasteiger partial charge in [-0.2, -0.15) is 5.26 Å². The van der Waals surface area contributed by atoms with E-state index in [0.29, 0.717) is 12.1 Å². The molecule has 0 aliphatic heterocycles. The van der Waals surface area contributed by atoms with Gasteiger partial charge in [0, 0.05) is 12.1 Å². The Morgan fingerprint density at radius 2 is 1.86 bits per heavy atom. The lowest BCUT2D eigenvalue weighted by Crippen LogP contribution is -2.51. The van der Waals surface area contributed by atoms with E-state index in [1.165, 1.54) is 4.90 Å². The van der Waals surface area contributed by atoms with Gasteiger partial charge in [0.15, 0.2) is 0 Å². The van der Waals surface area contributed by atoms with E-state index in [1.54, 1.807) is 12.1 Å². The van der Waals surface area contributed by atoms with Crippen LogP contribution in [0, 0.1) is 24.2 Å². The van der Waals surface area contributed by atoms with Gasteiger partial charge in [-0.15, -0.1) is 0 Å². The third-order valence-electron chi connectivity index (χ3n) is 3.49. The van der Waals surface area contributed by atoms with E-state index in [2.05, 4.69) is 5.32 Å². The first-order chi connectivity index (χ1) is 10.4. The van der Waals surface area contributed by atoms with Gasteiger partial charge in [0.2, 0.25) is 5.91 Å². The molecule has 0 radical (unpaired) electrons. The summed E-state index contributed by atoms with van der Waals surface area (Å²) in [4.78, 5) is 26.2. The lowest BCUT2D eigenvalue weighted by Gasteiger charge is -2.27. The van der Waals surface area contributed by atoms with Gasteiger partial charge in [0.25, 0.3) is 5.91 Å². The number of aryl methyl sites for hydroxylation is 1. The highest BCUT2D eigenvalue weighted by Crippen LogP contribution is 2.09. The molecule has 118 valence electrons. The number of hydrogen-bond donors (Lipinski definition) is 1. The minimum atomic E-state index is -0.637. The van der Waals surface area contributed by atoms with E-state index < -0.39 is 6.04 Å². The Hall–Kier alpha value is -2.35. The Morgan fingerprint density at radius 3 is 2.32 bits per heavy atom. The molecule has 0 aliphatic carbocycles. The SMILES string of the molecule is CCN(CC#N)C(=O)[C@H](NC(=O)c1ccc(C)cc1)C(C)C. The molecule has 1 N–H and O–H groups in total. The summed E-state index contributed by atoms with van der Waals surface area (Å²) in [5.41, 5.74) is 1.59. The Labute approximate surface area is 131 Å². The Balaban J connectivity index is 2.88. The average Bonchev–Trinajstić information content (AvgIpc) is 2.49. The first kappa shape index (κ1) is 17.7. The number of amides is 2. The summed E-state index contributed by atoms with van der Waals surface area (Å²) in [7, 11) is 0. The monoisotopic (exact) mass is 301 g/mol. The molecule has 0 saturated carbocycles. The Bertz CT molecular complexity index is 558. The number of benzene rings is 1. The van der Waals surface area contributed by atoms with E-state index in [1.807, 2.05) is 45.9 Å². The molecule has 1 aromatic carbocycles. The molecule has 1 aromatic rings. The van der Waals surface area contributed by atoms with Gasteiger partial charge in [-0.3, -0.25) is 9.59 Å². The van der Waals surface area contributed by atoms with Crippen molar-refractivity contribution in [1.82, 2.24) is 10.2 Å². The van der Waals surface area contributed by atoms with Crippen LogP contribution < -0.4 is 5.32 Å². The van der Waals surface area contributed by atoms with Crippen molar-refractivity contribution in [3.8, 4) is 6.07 Å². The molecule has 22 heavy (non-hydrogen) atoms. The van der Waals surface area contributed by atoms with Crippen LogP contribution in [0.4, 0.5) is 0 Å². The van der Waals surface area contributed by atoms with Crippen molar-refractivity contribution < 1.29 is 9.59 Å². The summed E-state index contributed by atoms with van der Waals surface area (Å²) in [5.74, 6) is -0.561. The van der Waals surface area contributed by atoms with E-state index in [-0.39, 0.29) is 24.3 Å². The predicted octanol–water partition coefficient (Wildman–Crippen LogP) is 2.12. The molecule has 2 amide bonds. The van der Waals surface area contributed by atoms with Crippen molar-refractivity contribution >= 4 is 11.8 Å². The molecule has 0 aliphatic rings. The number of nitrogens with one attached hydrogen (secondary N) is 1. The molecule has 0 saturated heterocycles. The van der Waals surface area contributed by atoms with Crippen LogP contribution in [0.1, 0.15) is 36.7 Å². The van der Waals surface area contributed by atoms with Gasteiger partial charge in [0.05, 0.1) is 6.07 Å². The van der Waals surface area contributed by atoms with Crippen molar-refractivity contribution in [3.63, 3.8) is 0 Å². The maximum Gasteiger partial charge on any atom is 0.251 e. The fourth-order valence-corrected chi connectivity index (χ4v) is 2.07. The van der Waals surface area contributed by atoms with Crippen LogP contribution in [0.15, 0.2) is 24.3 Å². The second-order valence-corrected chi connectivity index (χ2v) is 5.57. The van der Waals surface area contributed by atoms with Crippen LogP contribution in [0.25, 0.3) is 0 Å². The van der Waals surface area contributed by atoms with Crippen molar-refractivity contribution in [2.24, 2.45) is 5.92 Å². The van der Waals surface area contributed by atoms with E-state index in [0.717, 1.165) is 5.56 Å². The van der Waals surface area contributed by atoms with E-state index >= 15 is 0 Å². The molecule has 5 nitrogen and oxygen atoms in total. The van der Waals surface area contributed by atoms with E-state index in [9.17, 15) is 9.59 Å². The van der Waals surface area contributed by atoms with Crippen molar-refractivity contribution in [3.05, 3.63) is 35.4 Å². The lowest BCUT2D eigenvalue weighted by atomic mass is 10.0. The maximum atomic E-state index is 12.5. The number of carbonyl (C=O) groups excluding carboxylic acids is 2. The third kappa shape index (κ3) is 4.59. The molecule has 5 heteroatoms. The molecule has 1 atom stereocenters. The van der Waals surface area contributed by atoms with Gasteiger partial charge in [-0.1, -0.05) is 31.5 Å². The van der Waals surface area contributed by atoms with Crippen LogP contribution in [0.3, 0.4) is 0 Å². The Kier molecular flexibility index (Phi) is 6.58. The highest BCUT2D eigenvalue weighted by molar-refractivity contribution is 5.97. The van der Waals surface area contributed by atoms with Crippen LogP contribution in [-0.2, 0) is 4.79 Å². The second kappa shape index (κ2) is 8.18. The minimum absolute atomic E-state index is 0.0267. The Morgan fingerprint density at radius 1 is 1.27 bits per heavy atom. The number of nitrogens with zero attached hydrogens (tertiary/aromatic N) is 2. The molecular formula is C17H23N3O2. The molecule has 0 heterocycles. The quantitative estimate of drug-likeness (QED) is 0.818. The summed E-state index contributed by atoms with van der Waals surface area (Å²) >= 11 is 0. The molecule has 0 aromatic heterocycles. The average molecular weight is 301 g/mol. The summed E-state index contributed by atoms with van der Waals surface area (Å²) in [6, 6.07) is 8.52. The van der Waals surface area contributed by atoms with Crippen molar-refractivity contribution in [2.45, 2.75) is 33.7 Å². The topological polar surface area (TPSA) is 73.2 Å². The molecule has 0 unspecified atom stereocenters. The van der Waals surface area contributed by atoms with Crippen LogP contribution in [-0.4, -0.2) is 35.8 Å². The third-order valence-corrected chi connectivity index (χ3v) is 3.49. The van der Waals surface area contributed by atoms with Crippen molar-refractivity contribution in [2.75, 3.05) is 13.1 Å². The van der Waals surface area contributed by atoms with Crippen LogP contribution >= 0.6 is 0 Å². The molecule has 0 fully saturated rings. The zero-order valence-corrected chi connectivity index (χ0v) is 13.6. The molecular weight excluding hydrogens is 278 g/mol. The molecule has 1 rings (SSSR count). The number of hydrogen-bond acceptors (Lipinski definition) is 3. The summed E-state index contributed by atoms with van der Waals surface area (Å²) in [6.45, 7) is 7.98. The second-order valence-electron chi connectivity index (χ2n) is 5.57. The largest absolute Gasteiger partial charge is 0.340 e. The first-order valence-electron chi connectivity index (χ1n) is 7.44.